The molecule has 3 aromatic rings. The van der Waals surface area contributed by atoms with Crippen LogP contribution in [0.1, 0.15) is 32.6 Å². The highest BCUT2D eigenvalue weighted by Crippen LogP contribution is 2.30. The van der Waals surface area contributed by atoms with Crippen molar-refractivity contribution < 1.29 is 9.21 Å². The third-order valence-corrected chi connectivity index (χ3v) is 5.97. The number of hydrogen-bond donors (Lipinski definition) is 1. The Hall–Kier alpha value is -2.28. The van der Waals surface area contributed by atoms with E-state index in [0.717, 1.165) is 23.8 Å². The van der Waals surface area contributed by atoms with Gasteiger partial charge in [-0.2, -0.15) is 0 Å². The highest BCUT2D eigenvalue weighted by Gasteiger charge is 2.24. The summed E-state index contributed by atoms with van der Waals surface area (Å²) >= 11 is 1.42. The van der Waals surface area contributed by atoms with Crippen LogP contribution in [0, 0.1) is 0 Å². The van der Waals surface area contributed by atoms with Gasteiger partial charge in [0.1, 0.15) is 5.58 Å². The van der Waals surface area contributed by atoms with Gasteiger partial charge in [0.05, 0.1) is 5.25 Å². The van der Waals surface area contributed by atoms with Crippen molar-refractivity contribution in [3.05, 3.63) is 30.3 Å². The standard InChI is InChI=1S/C19H22N4O2S/c1-12(18(24)20-14-8-4-5-9-14)26-19-22-21-17(23(19)2)16-11-13-7-3-6-10-15(13)25-16/h3,6-7,10-12,14H,4-5,8-9H2,1-2H3,(H,20,24). The van der Waals surface area contributed by atoms with E-state index in [-0.39, 0.29) is 11.2 Å². The molecular formula is C19H22N4O2S. The molecule has 1 unspecified atom stereocenters. The molecule has 0 spiro atoms. The van der Waals surface area contributed by atoms with Gasteiger partial charge in [-0.3, -0.25) is 4.79 Å². The molecule has 26 heavy (non-hydrogen) atoms. The SMILES string of the molecule is CC(Sc1nnc(-c2cc3ccccc3o2)n1C)C(=O)NC1CCCC1. The fourth-order valence-electron chi connectivity index (χ4n) is 3.32. The highest BCUT2D eigenvalue weighted by atomic mass is 32.2. The molecule has 2 aromatic heterocycles. The van der Waals surface area contributed by atoms with Gasteiger partial charge in [0, 0.05) is 18.5 Å². The van der Waals surface area contributed by atoms with E-state index in [1.54, 1.807) is 0 Å². The summed E-state index contributed by atoms with van der Waals surface area (Å²) in [5.41, 5.74) is 0.823. The predicted molar refractivity (Wildman–Crippen MR) is 102 cm³/mol. The number of para-hydroxylation sites is 1. The number of nitrogens with zero attached hydrogens (tertiary/aromatic N) is 3. The average Bonchev–Trinajstić information content (AvgIpc) is 3.35. The molecule has 136 valence electrons. The Morgan fingerprint density at radius 3 is 2.85 bits per heavy atom. The van der Waals surface area contributed by atoms with Gasteiger partial charge < -0.3 is 14.3 Å². The number of aromatic nitrogens is 3. The van der Waals surface area contributed by atoms with E-state index in [1.165, 1.54) is 24.6 Å². The minimum absolute atomic E-state index is 0.0650. The Balaban J connectivity index is 1.48. The summed E-state index contributed by atoms with van der Waals surface area (Å²) in [6.45, 7) is 1.91. The van der Waals surface area contributed by atoms with Crippen molar-refractivity contribution in [3.63, 3.8) is 0 Å². The summed E-state index contributed by atoms with van der Waals surface area (Å²) in [6.07, 6.45) is 4.58. The van der Waals surface area contributed by atoms with E-state index >= 15 is 0 Å². The smallest absolute Gasteiger partial charge is 0.233 e. The van der Waals surface area contributed by atoms with Gasteiger partial charge >= 0.3 is 0 Å². The fourth-order valence-corrected chi connectivity index (χ4v) is 4.15. The number of rotatable bonds is 5. The van der Waals surface area contributed by atoms with Crippen LogP contribution in [0.25, 0.3) is 22.6 Å². The molecule has 0 aliphatic heterocycles. The van der Waals surface area contributed by atoms with Crippen LogP contribution in [0.4, 0.5) is 0 Å². The molecule has 0 bridgehead atoms. The zero-order valence-electron chi connectivity index (χ0n) is 14.9. The van der Waals surface area contributed by atoms with Crippen molar-refractivity contribution in [2.75, 3.05) is 0 Å². The van der Waals surface area contributed by atoms with Crippen LogP contribution < -0.4 is 5.32 Å². The molecule has 6 nitrogen and oxygen atoms in total. The number of carbonyl (C=O) groups excluding carboxylic acids is 1. The number of thioether (sulfide) groups is 1. The van der Waals surface area contributed by atoms with Crippen LogP contribution in [0.2, 0.25) is 0 Å². The fraction of sp³-hybridized carbons (Fsp3) is 0.421. The van der Waals surface area contributed by atoms with Gasteiger partial charge in [0.2, 0.25) is 5.91 Å². The van der Waals surface area contributed by atoms with Crippen molar-refractivity contribution in [1.29, 1.82) is 0 Å². The van der Waals surface area contributed by atoms with Crippen molar-refractivity contribution in [3.8, 4) is 11.6 Å². The predicted octanol–water partition coefficient (Wildman–Crippen LogP) is 3.77. The van der Waals surface area contributed by atoms with Gasteiger partial charge in [-0.05, 0) is 31.9 Å². The van der Waals surface area contributed by atoms with E-state index in [4.69, 9.17) is 4.42 Å². The number of carbonyl (C=O) groups is 1. The topological polar surface area (TPSA) is 73.0 Å². The Bertz CT molecular complexity index is 894. The number of fused-ring (bicyclic) bond motifs is 1. The zero-order valence-corrected chi connectivity index (χ0v) is 15.8. The maximum absolute atomic E-state index is 12.4. The Labute approximate surface area is 156 Å². The molecule has 0 radical (unpaired) electrons. The van der Waals surface area contributed by atoms with E-state index in [2.05, 4.69) is 15.5 Å². The first-order chi connectivity index (χ1) is 12.6. The Morgan fingerprint density at radius 2 is 2.08 bits per heavy atom. The second kappa shape index (κ2) is 7.15. The third kappa shape index (κ3) is 3.35. The van der Waals surface area contributed by atoms with Crippen molar-refractivity contribution in [2.24, 2.45) is 7.05 Å². The highest BCUT2D eigenvalue weighted by molar-refractivity contribution is 8.00. The van der Waals surface area contributed by atoms with Gasteiger partial charge in [0.25, 0.3) is 0 Å². The third-order valence-electron chi connectivity index (χ3n) is 4.83. The summed E-state index contributed by atoms with van der Waals surface area (Å²) in [5, 5.41) is 13.2. The minimum Gasteiger partial charge on any atom is -0.453 e. The molecular weight excluding hydrogens is 348 g/mol. The lowest BCUT2D eigenvalue weighted by Gasteiger charge is -2.15. The van der Waals surface area contributed by atoms with Crippen molar-refractivity contribution in [1.82, 2.24) is 20.1 Å². The first-order valence-electron chi connectivity index (χ1n) is 8.97. The summed E-state index contributed by atoms with van der Waals surface area (Å²) in [5.74, 6) is 1.40. The second-order valence-electron chi connectivity index (χ2n) is 6.76. The summed E-state index contributed by atoms with van der Waals surface area (Å²) in [4.78, 5) is 12.4. The van der Waals surface area contributed by atoms with Gasteiger partial charge in [-0.1, -0.05) is 42.8 Å². The molecule has 2 heterocycles. The van der Waals surface area contributed by atoms with Gasteiger partial charge in [-0.15, -0.1) is 10.2 Å². The first kappa shape index (κ1) is 17.1. The minimum atomic E-state index is -0.220. The largest absolute Gasteiger partial charge is 0.453 e. The van der Waals surface area contributed by atoms with E-state index in [9.17, 15) is 4.79 Å². The first-order valence-corrected chi connectivity index (χ1v) is 9.85. The average molecular weight is 370 g/mol. The molecule has 1 fully saturated rings. The van der Waals surface area contributed by atoms with Crippen LogP contribution >= 0.6 is 11.8 Å². The van der Waals surface area contributed by atoms with Gasteiger partial charge in [-0.25, -0.2) is 0 Å². The normalized spacial score (nSPS) is 16.2. The molecule has 1 saturated carbocycles. The van der Waals surface area contributed by atoms with Crippen molar-refractivity contribution in [2.45, 2.75) is 49.1 Å². The molecule has 4 rings (SSSR count). The van der Waals surface area contributed by atoms with E-state index in [0.29, 0.717) is 22.8 Å². The summed E-state index contributed by atoms with van der Waals surface area (Å²) in [7, 11) is 1.90. The van der Waals surface area contributed by atoms with E-state index in [1.807, 2.05) is 48.9 Å². The monoisotopic (exact) mass is 370 g/mol. The molecule has 1 aromatic carbocycles. The summed E-state index contributed by atoms with van der Waals surface area (Å²) in [6, 6.07) is 10.1. The van der Waals surface area contributed by atoms with E-state index < -0.39 is 0 Å². The van der Waals surface area contributed by atoms with Crippen LogP contribution in [0.3, 0.4) is 0 Å². The van der Waals surface area contributed by atoms with Crippen LogP contribution in [-0.2, 0) is 11.8 Å². The van der Waals surface area contributed by atoms with Crippen molar-refractivity contribution >= 4 is 28.6 Å². The molecule has 0 saturated heterocycles. The molecule has 1 amide bonds. The summed E-state index contributed by atoms with van der Waals surface area (Å²) < 4.78 is 7.75. The van der Waals surface area contributed by atoms with Crippen LogP contribution in [0.5, 0.6) is 0 Å². The molecule has 7 heteroatoms. The zero-order chi connectivity index (χ0) is 18.1. The van der Waals surface area contributed by atoms with Crippen LogP contribution in [0.15, 0.2) is 39.9 Å². The number of benzene rings is 1. The number of furan rings is 1. The number of hydrogen-bond acceptors (Lipinski definition) is 5. The molecule has 1 N–H and O–H groups in total. The second-order valence-corrected chi connectivity index (χ2v) is 8.07. The lowest BCUT2D eigenvalue weighted by molar-refractivity contribution is -0.120. The Kier molecular flexibility index (Phi) is 4.72. The lowest BCUT2D eigenvalue weighted by atomic mass is 10.2. The van der Waals surface area contributed by atoms with Gasteiger partial charge in [0.15, 0.2) is 16.7 Å². The quantitative estimate of drug-likeness (QED) is 0.692. The lowest BCUT2D eigenvalue weighted by Crippen LogP contribution is -2.37. The molecule has 1 aliphatic rings. The molecule has 1 atom stereocenters. The number of amides is 1. The maximum Gasteiger partial charge on any atom is 0.233 e. The Morgan fingerprint density at radius 1 is 1.31 bits per heavy atom. The number of nitrogens with one attached hydrogen (secondary N) is 1. The molecule has 1 aliphatic carbocycles. The van der Waals surface area contributed by atoms with Crippen LogP contribution in [-0.4, -0.2) is 32.0 Å². The maximum atomic E-state index is 12.4.